The smallest absolute Gasteiger partial charge is 0.194 e. The van der Waals surface area contributed by atoms with E-state index in [1.165, 1.54) is 6.22 Å². The van der Waals surface area contributed by atoms with Crippen molar-refractivity contribution in [3.05, 3.63) is 0 Å². The van der Waals surface area contributed by atoms with Crippen LogP contribution in [0.15, 0.2) is 0 Å². The van der Waals surface area contributed by atoms with E-state index in [1.807, 2.05) is 0 Å². The highest BCUT2D eigenvalue weighted by Gasteiger charge is 1.89. The fourth-order valence-corrected chi connectivity index (χ4v) is 0. The Morgan fingerprint density at radius 2 is 2.20 bits per heavy atom. The summed E-state index contributed by atoms with van der Waals surface area (Å²) in [6.45, 7) is 2.09. The van der Waals surface area contributed by atoms with Gasteiger partial charge < -0.3 is 0 Å². The van der Waals surface area contributed by atoms with E-state index in [2.05, 4.69) is 27.1 Å². The van der Waals surface area contributed by atoms with E-state index in [1.54, 1.807) is 0 Å². The fourth-order valence-electron chi connectivity index (χ4n) is 0. The molecule has 0 aromatic carbocycles. The lowest BCUT2D eigenvalue weighted by Crippen LogP contribution is -1.92. The van der Waals surface area contributed by atoms with Crippen LogP contribution in [0.2, 0.25) is 13.0 Å². The molecule has 0 atom stereocenters. The second-order valence-corrected chi connectivity index (χ2v) is 2.14. The Morgan fingerprint density at radius 1 is 2.00 bits per heavy atom. The van der Waals surface area contributed by atoms with E-state index in [9.17, 15) is 0 Å². The Hall–Kier alpha value is 0.480. The Morgan fingerprint density at radius 3 is 2.20 bits per heavy atom. The summed E-state index contributed by atoms with van der Waals surface area (Å²) in [6, 6.07) is 0. The van der Waals surface area contributed by atoms with Crippen molar-refractivity contribution in [3.63, 3.8) is 0 Å². The summed E-state index contributed by atoms with van der Waals surface area (Å²) in [7, 11) is 2.12. The molecule has 5 heavy (non-hydrogen) atoms. The molecule has 0 bridgehead atoms. The maximum atomic E-state index is 4.10. The van der Waals surface area contributed by atoms with Crippen molar-refractivity contribution in [3.8, 4) is 0 Å². The first-order valence-electron chi connectivity index (χ1n) is 1.95. The third-order valence-electron chi connectivity index (χ3n) is 0.591. The van der Waals surface area contributed by atoms with Gasteiger partial charge in [0.15, 0.2) is 5.99 Å². The minimum Gasteiger partial charge on any atom is -0.228 e. The van der Waals surface area contributed by atoms with Crippen molar-refractivity contribution in [2.45, 2.75) is 13.0 Å². The van der Waals surface area contributed by atoms with Crippen molar-refractivity contribution in [1.82, 2.24) is 0 Å². The van der Waals surface area contributed by atoms with Gasteiger partial charge in [-0.1, -0.05) is 13.0 Å². The molecule has 0 heterocycles. The van der Waals surface area contributed by atoms with Crippen molar-refractivity contribution in [2.24, 2.45) is 0 Å². The first-order chi connectivity index (χ1) is 2.27. The molecular weight excluding hydrogens is 77.7 g/mol. The van der Waals surface area contributed by atoms with Crippen LogP contribution in [0.1, 0.15) is 0 Å². The lowest BCUT2D eigenvalue weighted by Gasteiger charge is -1.83. The van der Waals surface area contributed by atoms with Crippen LogP contribution in [0.5, 0.6) is 0 Å². The van der Waals surface area contributed by atoms with E-state index in [0.717, 1.165) is 0 Å². The zero-order valence-corrected chi connectivity index (χ0v) is 4.63. The molecular formula is C2H8B2S. The summed E-state index contributed by atoms with van der Waals surface area (Å²) in [5.74, 6) is 0.579. The summed E-state index contributed by atoms with van der Waals surface area (Å²) in [5.41, 5.74) is 0. The molecule has 0 aromatic rings. The Labute approximate surface area is 40.1 Å². The molecule has 3 heteroatoms. The first-order valence-corrected chi connectivity index (χ1v) is 2.47. The quantitative estimate of drug-likeness (QED) is 0.340. The monoisotopic (exact) mass is 86.1 g/mol. The van der Waals surface area contributed by atoms with Gasteiger partial charge >= 0.3 is 0 Å². The molecule has 28 valence electrons. The van der Waals surface area contributed by atoms with E-state index in [0.29, 0.717) is 5.99 Å². The number of rotatable bonds is 1. The van der Waals surface area contributed by atoms with Gasteiger partial charge in [0.2, 0.25) is 0 Å². The molecule has 0 amide bonds. The van der Waals surface area contributed by atoms with Gasteiger partial charge in [-0.2, -0.15) is 0 Å². The first kappa shape index (κ1) is 5.48. The lowest BCUT2D eigenvalue weighted by atomic mass is 9.66. The highest BCUT2D eigenvalue weighted by molar-refractivity contribution is 8.10. The molecule has 0 saturated heterocycles. The minimum absolute atomic E-state index is 0.579. The third kappa shape index (κ3) is 4.48. The number of hydrogen-bond acceptors (Lipinski definition) is 1. The van der Waals surface area contributed by atoms with Crippen LogP contribution < -0.4 is 0 Å². The number of hydrogen-bond donors (Lipinski definition) is 1. The lowest BCUT2D eigenvalue weighted by molar-refractivity contribution is 1.98. The van der Waals surface area contributed by atoms with Crippen LogP contribution in [0.25, 0.3) is 0 Å². The second kappa shape index (κ2) is 2.70. The van der Waals surface area contributed by atoms with E-state index in [-0.39, 0.29) is 0 Å². The molecule has 0 N–H and O–H groups in total. The topological polar surface area (TPSA) is 0 Å². The molecule has 0 fully saturated rings. The number of thiol groups is 1. The molecule has 0 aromatic heterocycles. The predicted octanol–water partition coefficient (Wildman–Crippen LogP) is 0.128. The summed E-state index contributed by atoms with van der Waals surface area (Å²) in [5, 5.41) is 0. The fraction of sp³-hybridized carbons (Fsp3) is 1.00. The van der Waals surface area contributed by atoms with Gasteiger partial charge in [0.05, 0.1) is 7.85 Å². The highest BCUT2D eigenvalue weighted by atomic mass is 32.1. The second-order valence-electron chi connectivity index (χ2n) is 1.26. The molecule has 0 radical (unpaired) electrons. The van der Waals surface area contributed by atoms with Crippen molar-refractivity contribution >= 4 is 26.3 Å². The van der Waals surface area contributed by atoms with E-state index >= 15 is 0 Å². The van der Waals surface area contributed by atoms with Crippen LogP contribution in [-0.4, -0.2) is 13.8 Å². The average Bonchev–Trinajstić information content (AvgIpc) is 1.38. The van der Waals surface area contributed by atoms with Gasteiger partial charge in [-0.25, -0.2) is 12.5 Å². The van der Waals surface area contributed by atoms with Crippen LogP contribution >= 0.6 is 12.5 Å². The van der Waals surface area contributed by atoms with Crippen molar-refractivity contribution in [2.75, 3.05) is 0 Å². The van der Waals surface area contributed by atoms with Crippen molar-refractivity contribution < 1.29 is 0 Å². The Balaban J connectivity index is 2.54. The van der Waals surface area contributed by atoms with Crippen LogP contribution in [-0.2, 0) is 0 Å². The molecule has 0 spiro atoms. The zero-order valence-electron chi connectivity index (χ0n) is 3.73. The Bertz CT molecular complexity index is 21.6. The largest absolute Gasteiger partial charge is 0.228 e. The third-order valence-corrected chi connectivity index (χ3v) is 0.956. The van der Waals surface area contributed by atoms with E-state index < -0.39 is 0 Å². The van der Waals surface area contributed by atoms with Gasteiger partial charge in [0.25, 0.3) is 0 Å². The van der Waals surface area contributed by atoms with Gasteiger partial charge in [0, 0.05) is 0 Å². The predicted molar refractivity (Wildman–Crippen MR) is 34.0 cm³/mol. The molecule has 0 nitrogen and oxygen atoms in total. The van der Waals surface area contributed by atoms with Gasteiger partial charge in [-0.3, -0.25) is 0 Å². The molecule has 0 aliphatic rings. The normalized spacial score (nSPS) is 7.60. The zero-order chi connectivity index (χ0) is 4.28. The molecule has 0 rings (SSSR count). The van der Waals surface area contributed by atoms with Crippen molar-refractivity contribution in [1.29, 1.82) is 0 Å². The van der Waals surface area contributed by atoms with Gasteiger partial charge in [0.1, 0.15) is 0 Å². The summed E-state index contributed by atoms with van der Waals surface area (Å²) >= 11 is 4.10. The average molecular weight is 85.8 g/mol. The highest BCUT2D eigenvalue weighted by Crippen LogP contribution is 1.87. The molecule has 0 aliphatic heterocycles. The van der Waals surface area contributed by atoms with Crippen LogP contribution in [0.4, 0.5) is 0 Å². The summed E-state index contributed by atoms with van der Waals surface area (Å²) < 4.78 is 0. The SMILES string of the molecule is BCB(C)S. The molecule has 0 saturated carbocycles. The maximum Gasteiger partial charge on any atom is 0.194 e. The van der Waals surface area contributed by atoms with Crippen LogP contribution in [0.3, 0.4) is 0 Å². The van der Waals surface area contributed by atoms with Gasteiger partial charge in [-0.15, -0.1) is 0 Å². The summed E-state index contributed by atoms with van der Waals surface area (Å²) in [4.78, 5) is 0. The summed E-state index contributed by atoms with van der Waals surface area (Å²) in [6.07, 6.45) is 1.17. The van der Waals surface area contributed by atoms with Gasteiger partial charge in [-0.05, 0) is 0 Å². The Kier molecular flexibility index (Phi) is 2.96. The van der Waals surface area contributed by atoms with E-state index in [4.69, 9.17) is 0 Å². The van der Waals surface area contributed by atoms with Crippen LogP contribution in [0, 0.1) is 0 Å². The molecule has 0 aliphatic carbocycles. The standard InChI is InChI=1S/C2H8B2S/c1-4(5)2-3/h5H,2-3H2,1H3. The minimum atomic E-state index is 0.579. The molecule has 0 unspecified atom stereocenters. The maximum absolute atomic E-state index is 4.10.